The lowest BCUT2D eigenvalue weighted by Crippen LogP contribution is -2.25. The Balaban J connectivity index is 1.48. The zero-order valence-corrected chi connectivity index (χ0v) is 22.6. The van der Waals surface area contributed by atoms with Gasteiger partial charge < -0.3 is 30.5 Å². The number of carbonyl (C=O) groups excluding carboxylic acids is 1. The lowest BCUT2D eigenvalue weighted by Gasteiger charge is -2.08. The molecule has 0 bridgehead atoms. The molecule has 1 aliphatic heterocycles. The third-order valence-corrected chi connectivity index (χ3v) is 6.70. The van der Waals surface area contributed by atoms with Crippen molar-refractivity contribution in [1.82, 2.24) is 15.3 Å². The van der Waals surface area contributed by atoms with Gasteiger partial charge >= 0.3 is 5.97 Å². The summed E-state index contributed by atoms with van der Waals surface area (Å²) >= 11 is 0. The Morgan fingerprint density at radius 1 is 0.881 bits per heavy atom. The summed E-state index contributed by atoms with van der Waals surface area (Å²) in [6, 6.07) is 22.7. The Bertz CT molecular complexity index is 1670. The van der Waals surface area contributed by atoms with Crippen LogP contribution >= 0.6 is 0 Å². The van der Waals surface area contributed by atoms with E-state index in [2.05, 4.69) is 15.5 Å². The maximum atomic E-state index is 11.6. The van der Waals surface area contributed by atoms with Crippen molar-refractivity contribution in [2.24, 2.45) is 5.16 Å². The molecule has 0 radical (unpaired) electrons. The highest BCUT2D eigenvalue weighted by Gasteiger charge is 2.27. The summed E-state index contributed by atoms with van der Waals surface area (Å²) in [5, 5.41) is 34.2. The highest BCUT2D eigenvalue weighted by molar-refractivity contribution is 6.01. The minimum absolute atomic E-state index is 0.190. The van der Waals surface area contributed by atoms with Gasteiger partial charge in [0, 0.05) is 42.3 Å². The number of carbonyl (C=O) groups is 2. The molecule has 1 amide bonds. The fourth-order valence-electron chi connectivity index (χ4n) is 4.41. The third kappa shape index (κ3) is 6.52. The number of benzene rings is 3. The van der Waals surface area contributed by atoms with Gasteiger partial charge in [-0.3, -0.25) is 4.79 Å². The second kappa shape index (κ2) is 12.5. The van der Waals surface area contributed by atoms with Crippen LogP contribution in [-0.4, -0.2) is 62.3 Å². The standard InChI is InChI=1S/C32H28N4O6/c1-33-27(37)16-6-19-2-8-22(9-3-19)29-30(23-10-4-20(5-11-23)7-17-28(38)39)35-31(34-29)24-14-12-21(13-15-24)25-18-26(32(40)41)42-36-25/h2-17,26,32,40-41H,18H2,1H3,(H,33,37)(H,34,35)(H,38,39). The zero-order valence-electron chi connectivity index (χ0n) is 22.6. The number of carboxylic acid groups (broad SMARTS) is 1. The van der Waals surface area contributed by atoms with E-state index in [-0.39, 0.29) is 12.3 Å². The van der Waals surface area contributed by atoms with Crippen molar-refractivity contribution < 1.29 is 29.7 Å². The molecule has 10 heteroatoms. The van der Waals surface area contributed by atoms with Gasteiger partial charge in [-0.15, -0.1) is 0 Å². The second-order valence-corrected chi connectivity index (χ2v) is 9.55. The van der Waals surface area contributed by atoms with Crippen LogP contribution < -0.4 is 5.32 Å². The third-order valence-electron chi connectivity index (χ3n) is 6.70. The number of amides is 1. The zero-order chi connectivity index (χ0) is 29.6. The number of imidazole rings is 1. The number of nitrogens with one attached hydrogen (secondary N) is 2. The van der Waals surface area contributed by atoms with Crippen LogP contribution in [0, 0.1) is 0 Å². The van der Waals surface area contributed by atoms with E-state index in [0.29, 0.717) is 11.5 Å². The average molecular weight is 565 g/mol. The molecule has 0 aliphatic carbocycles. The first-order valence-electron chi connectivity index (χ1n) is 13.1. The van der Waals surface area contributed by atoms with E-state index in [1.54, 1.807) is 13.1 Å². The molecular formula is C32H28N4O6. The van der Waals surface area contributed by atoms with Crippen LogP contribution in [0.5, 0.6) is 0 Å². The molecule has 1 aliphatic rings. The van der Waals surface area contributed by atoms with Crippen molar-refractivity contribution in [2.45, 2.75) is 18.8 Å². The first-order valence-corrected chi connectivity index (χ1v) is 13.1. The Hall–Kier alpha value is -5.32. The van der Waals surface area contributed by atoms with Crippen LogP contribution in [0.15, 0.2) is 90.1 Å². The number of rotatable bonds is 9. The summed E-state index contributed by atoms with van der Waals surface area (Å²) in [6.07, 6.45) is 3.72. The molecule has 212 valence electrons. The van der Waals surface area contributed by atoms with E-state index in [9.17, 15) is 19.8 Å². The molecule has 0 spiro atoms. The largest absolute Gasteiger partial charge is 0.478 e. The second-order valence-electron chi connectivity index (χ2n) is 9.55. The molecule has 4 aromatic rings. The number of H-pyrrole nitrogens is 1. The number of aliphatic hydroxyl groups excluding tert-OH is 1. The lowest BCUT2D eigenvalue weighted by atomic mass is 10.0. The fourth-order valence-corrected chi connectivity index (χ4v) is 4.41. The topological polar surface area (TPSA) is 157 Å². The predicted molar refractivity (Wildman–Crippen MR) is 159 cm³/mol. The lowest BCUT2D eigenvalue weighted by molar-refractivity contribution is -0.134. The van der Waals surface area contributed by atoms with Gasteiger partial charge in [-0.2, -0.15) is 0 Å². The smallest absolute Gasteiger partial charge is 0.328 e. The number of aliphatic carboxylic acids is 1. The monoisotopic (exact) mass is 564 g/mol. The van der Waals surface area contributed by atoms with Gasteiger partial charge in [-0.25, -0.2) is 9.78 Å². The number of nitrogens with zero attached hydrogens (tertiary/aromatic N) is 2. The molecule has 1 atom stereocenters. The quantitative estimate of drug-likeness (QED) is 0.151. The molecule has 5 rings (SSSR count). The maximum absolute atomic E-state index is 11.6. The van der Waals surface area contributed by atoms with Gasteiger partial charge in [-0.05, 0) is 28.8 Å². The van der Waals surface area contributed by atoms with Gasteiger partial charge in [-0.1, -0.05) is 78.0 Å². The number of carboxylic acids is 1. The van der Waals surface area contributed by atoms with Crippen molar-refractivity contribution in [3.8, 4) is 33.9 Å². The van der Waals surface area contributed by atoms with Crippen molar-refractivity contribution >= 4 is 29.7 Å². The predicted octanol–water partition coefficient (Wildman–Crippen LogP) is 4.07. The number of likely N-dealkylation sites (N-methyl/N-ethyl adjacent to an activating group) is 1. The number of aromatic amines is 1. The number of hydrogen-bond donors (Lipinski definition) is 5. The first-order chi connectivity index (χ1) is 20.3. The number of aromatic nitrogens is 2. The summed E-state index contributed by atoms with van der Waals surface area (Å²) in [5.41, 5.74) is 7.10. The average Bonchev–Trinajstić information content (AvgIpc) is 3.68. The SMILES string of the molecule is CNC(=O)C=Cc1ccc(-c2nc(-c3ccc(C4=NOC(C(O)O)C4)cc3)[nH]c2-c2ccc(C=CC(=O)O)cc2)cc1. The molecule has 0 saturated heterocycles. The van der Waals surface area contributed by atoms with Gasteiger partial charge in [0.05, 0.1) is 17.1 Å². The Morgan fingerprint density at radius 3 is 2.02 bits per heavy atom. The van der Waals surface area contributed by atoms with Crippen molar-refractivity contribution in [1.29, 1.82) is 0 Å². The van der Waals surface area contributed by atoms with E-state index < -0.39 is 18.4 Å². The normalized spacial score (nSPS) is 14.9. The molecule has 42 heavy (non-hydrogen) atoms. The fraction of sp³-hybridized carbons (Fsp3) is 0.125. The molecule has 10 nitrogen and oxygen atoms in total. The van der Waals surface area contributed by atoms with Crippen LogP contribution in [0.2, 0.25) is 0 Å². The molecule has 2 heterocycles. The molecular weight excluding hydrogens is 536 g/mol. The summed E-state index contributed by atoms with van der Waals surface area (Å²) < 4.78 is 0. The van der Waals surface area contributed by atoms with E-state index in [1.165, 1.54) is 12.2 Å². The van der Waals surface area contributed by atoms with Crippen molar-refractivity contribution in [3.05, 3.63) is 102 Å². The molecule has 0 saturated carbocycles. The van der Waals surface area contributed by atoms with Gasteiger partial charge in [0.15, 0.2) is 12.4 Å². The number of oxime groups is 1. The minimum Gasteiger partial charge on any atom is -0.478 e. The van der Waals surface area contributed by atoms with Crippen LogP contribution in [0.3, 0.4) is 0 Å². The Kier molecular flexibility index (Phi) is 8.37. The van der Waals surface area contributed by atoms with Crippen LogP contribution in [0.25, 0.3) is 46.1 Å². The minimum atomic E-state index is -1.60. The molecule has 1 aromatic heterocycles. The Morgan fingerprint density at radius 2 is 1.45 bits per heavy atom. The molecule has 3 aromatic carbocycles. The number of hydrogen-bond acceptors (Lipinski definition) is 7. The summed E-state index contributed by atoms with van der Waals surface area (Å²) in [7, 11) is 1.57. The highest BCUT2D eigenvalue weighted by Crippen LogP contribution is 2.34. The van der Waals surface area contributed by atoms with Gasteiger partial charge in [0.25, 0.3) is 0 Å². The van der Waals surface area contributed by atoms with Gasteiger partial charge in [0.1, 0.15) is 5.82 Å². The van der Waals surface area contributed by atoms with Crippen LogP contribution in [0.4, 0.5) is 0 Å². The summed E-state index contributed by atoms with van der Waals surface area (Å²) in [5.74, 6) is -0.569. The first kappa shape index (κ1) is 28.2. The van der Waals surface area contributed by atoms with E-state index >= 15 is 0 Å². The maximum Gasteiger partial charge on any atom is 0.328 e. The number of aliphatic hydroxyl groups is 2. The summed E-state index contributed by atoms with van der Waals surface area (Å²) in [6.45, 7) is 0. The van der Waals surface area contributed by atoms with Crippen molar-refractivity contribution in [3.63, 3.8) is 0 Å². The molecule has 1 unspecified atom stereocenters. The highest BCUT2D eigenvalue weighted by atomic mass is 16.7. The van der Waals surface area contributed by atoms with Crippen LogP contribution in [0.1, 0.15) is 23.1 Å². The summed E-state index contributed by atoms with van der Waals surface area (Å²) in [4.78, 5) is 35.9. The van der Waals surface area contributed by atoms with Gasteiger partial charge in [0.2, 0.25) is 5.91 Å². The van der Waals surface area contributed by atoms with E-state index in [0.717, 1.165) is 50.8 Å². The molecule has 5 N–H and O–H groups in total. The molecule has 0 fully saturated rings. The Labute approximate surface area is 241 Å². The van der Waals surface area contributed by atoms with Crippen molar-refractivity contribution in [2.75, 3.05) is 7.05 Å². The van der Waals surface area contributed by atoms with Crippen LogP contribution in [-0.2, 0) is 14.4 Å². The van der Waals surface area contributed by atoms with E-state index in [1.807, 2.05) is 72.8 Å². The van der Waals surface area contributed by atoms with E-state index in [4.69, 9.17) is 14.9 Å².